The molecule has 0 aliphatic heterocycles. The summed E-state index contributed by atoms with van der Waals surface area (Å²) in [7, 11) is 0. The van der Waals surface area contributed by atoms with Crippen LogP contribution in [-0.2, 0) is 4.79 Å². The van der Waals surface area contributed by atoms with E-state index in [1.807, 2.05) is 0 Å². The van der Waals surface area contributed by atoms with Gasteiger partial charge in [-0.1, -0.05) is 18.5 Å². The van der Waals surface area contributed by atoms with Gasteiger partial charge in [0.2, 0.25) is 11.7 Å². The molecule has 0 radical (unpaired) electrons. The van der Waals surface area contributed by atoms with Crippen LogP contribution in [0, 0.1) is 10.1 Å². The molecule has 2 rings (SSSR count). The van der Waals surface area contributed by atoms with Crippen LogP contribution in [0.25, 0.3) is 5.82 Å². The number of aromatic nitrogens is 3. The summed E-state index contributed by atoms with van der Waals surface area (Å²) in [5, 5.41) is 16.7. The lowest BCUT2D eigenvalue weighted by Crippen LogP contribution is -2.18. The molecule has 0 bridgehead atoms. The molecule has 0 aliphatic carbocycles. The molecule has 0 saturated heterocycles. The van der Waals surface area contributed by atoms with Gasteiger partial charge in [0, 0.05) is 12.5 Å². The number of nitrogens with one attached hydrogen (secondary N) is 1. The number of pyridine rings is 1. The number of hydrogen-bond acceptors (Lipinski definition) is 6. The smallest absolute Gasteiger partial charge is 0.404 e. The van der Waals surface area contributed by atoms with Crippen molar-refractivity contribution in [3.8, 4) is 11.6 Å². The van der Waals surface area contributed by atoms with Crippen molar-refractivity contribution in [2.45, 2.75) is 19.7 Å². The van der Waals surface area contributed by atoms with Gasteiger partial charge >= 0.3 is 12.0 Å². The van der Waals surface area contributed by atoms with Crippen molar-refractivity contribution in [2.24, 2.45) is 0 Å². The minimum absolute atomic E-state index is 0.0296. The third-order valence-electron chi connectivity index (χ3n) is 2.76. The number of anilines is 1. The molecule has 13 heteroatoms. The standard InChI is InChI=1S/C12H9ClF3N5O4/c1-2-9(22)19-11-8(21(23)24)5-18-20(11)10-7(13)3-6(4-17-10)25-12(14,15)16/h3-5H,2H2,1H3,(H,19,22). The lowest BCUT2D eigenvalue weighted by Gasteiger charge is -2.11. The van der Waals surface area contributed by atoms with Gasteiger partial charge in [0.25, 0.3) is 0 Å². The van der Waals surface area contributed by atoms with E-state index in [9.17, 15) is 28.1 Å². The highest BCUT2D eigenvalue weighted by molar-refractivity contribution is 6.32. The normalized spacial score (nSPS) is 11.2. The highest BCUT2D eigenvalue weighted by Crippen LogP contribution is 2.32. The van der Waals surface area contributed by atoms with E-state index >= 15 is 0 Å². The number of nitrogens with zero attached hydrogens (tertiary/aromatic N) is 4. The van der Waals surface area contributed by atoms with Gasteiger partial charge in [0.05, 0.1) is 16.1 Å². The molecule has 0 aromatic carbocycles. The summed E-state index contributed by atoms with van der Waals surface area (Å²) in [6.45, 7) is 1.52. The Morgan fingerprint density at radius 2 is 2.16 bits per heavy atom. The molecule has 0 aliphatic rings. The van der Waals surface area contributed by atoms with Gasteiger partial charge in [0.15, 0.2) is 5.82 Å². The lowest BCUT2D eigenvalue weighted by atomic mass is 10.4. The zero-order chi connectivity index (χ0) is 18.8. The fraction of sp³-hybridized carbons (Fsp3) is 0.250. The Morgan fingerprint density at radius 1 is 1.48 bits per heavy atom. The molecule has 25 heavy (non-hydrogen) atoms. The highest BCUT2D eigenvalue weighted by Gasteiger charge is 2.32. The average Bonchev–Trinajstić information content (AvgIpc) is 2.89. The zero-order valence-corrected chi connectivity index (χ0v) is 13.1. The zero-order valence-electron chi connectivity index (χ0n) is 12.4. The molecule has 2 heterocycles. The van der Waals surface area contributed by atoms with Gasteiger partial charge in [-0.2, -0.15) is 9.78 Å². The van der Waals surface area contributed by atoms with Crippen LogP contribution < -0.4 is 10.1 Å². The number of ether oxygens (including phenoxy) is 1. The van der Waals surface area contributed by atoms with E-state index in [0.29, 0.717) is 6.20 Å². The monoisotopic (exact) mass is 379 g/mol. The lowest BCUT2D eigenvalue weighted by molar-refractivity contribution is -0.384. The fourth-order valence-corrected chi connectivity index (χ4v) is 1.97. The summed E-state index contributed by atoms with van der Waals surface area (Å²) in [4.78, 5) is 25.5. The summed E-state index contributed by atoms with van der Waals surface area (Å²) in [5.74, 6) is -1.77. The molecule has 2 aromatic heterocycles. The maximum atomic E-state index is 12.2. The topological polar surface area (TPSA) is 112 Å². The number of amides is 1. The van der Waals surface area contributed by atoms with E-state index in [1.54, 1.807) is 0 Å². The van der Waals surface area contributed by atoms with Gasteiger partial charge in [-0.15, -0.1) is 13.2 Å². The molecule has 2 aromatic rings. The average molecular weight is 380 g/mol. The molecule has 1 amide bonds. The van der Waals surface area contributed by atoms with Gasteiger partial charge < -0.3 is 10.1 Å². The van der Waals surface area contributed by atoms with E-state index in [4.69, 9.17) is 11.6 Å². The predicted octanol–water partition coefficient (Wildman–Crippen LogP) is 3.08. The first-order valence-corrected chi connectivity index (χ1v) is 6.94. The first-order chi connectivity index (χ1) is 11.6. The summed E-state index contributed by atoms with van der Waals surface area (Å²) < 4.78 is 41.1. The van der Waals surface area contributed by atoms with Crippen molar-refractivity contribution in [3.63, 3.8) is 0 Å². The number of carbonyl (C=O) groups excluding carboxylic acids is 1. The van der Waals surface area contributed by atoms with E-state index in [1.165, 1.54) is 6.92 Å². The van der Waals surface area contributed by atoms with Gasteiger partial charge in [-0.25, -0.2) is 4.98 Å². The van der Waals surface area contributed by atoms with Crippen molar-refractivity contribution >= 4 is 29.0 Å². The van der Waals surface area contributed by atoms with Crippen LogP contribution in [0.1, 0.15) is 13.3 Å². The molecule has 0 atom stereocenters. The summed E-state index contributed by atoms with van der Waals surface area (Å²) in [6.07, 6.45) is -3.34. The van der Waals surface area contributed by atoms with E-state index in [2.05, 4.69) is 20.1 Å². The minimum atomic E-state index is -4.93. The van der Waals surface area contributed by atoms with E-state index in [0.717, 1.165) is 16.9 Å². The second kappa shape index (κ2) is 6.93. The first kappa shape index (κ1) is 18.4. The van der Waals surface area contributed by atoms with Crippen molar-refractivity contribution in [1.82, 2.24) is 14.8 Å². The highest BCUT2D eigenvalue weighted by atomic mass is 35.5. The second-order valence-electron chi connectivity index (χ2n) is 4.47. The third-order valence-corrected chi connectivity index (χ3v) is 3.03. The Hall–Kier alpha value is -2.89. The molecule has 0 fully saturated rings. The van der Waals surface area contributed by atoms with Crippen LogP contribution in [0.4, 0.5) is 24.7 Å². The number of halogens is 4. The van der Waals surface area contributed by atoms with Crippen LogP contribution in [0.3, 0.4) is 0 Å². The van der Waals surface area contributed by atoms with E-state index < -0.39 is 28.6 Å². The molecular formula is C12H9ClF3N5O4. The summed E-state index contributed by atoms with van der Waals surface area (Å²) in [5.41, 5.74) is -0.532. The molecule has 9 nitrogen and oxygen atoms in total. The number of carbonyl (C=O) groups is 1. The Morgan fingerprint density at radius 3 is 2.68 bits per heavy atom. The first-order valence-electron chi connectivity index (χ1n) is 6.56. The minimum Gasteiger partial charge on any atom is -0.404 e. The van der Waals surface area contributed by atoms with Crippen LogP contribution >= 0.6 is 11.6 Å². The fourth-order valence-electron chi connectivity index (χ4n) is 1.73. The van der Waals surface area contributed by atoms with E-state index in [-0.39, 0.29) is 23.1 Å². The van der Waals surface area contributed by atoms with Crippen molar-refractivity contribution in [3.05, 3.63) is 33.6 Å². The van der Waals surface area contributed by atoms with Crippen LogP contribution in [0.15, 0.2) is 18.5 Å². The Balaban J connectivity index is 2.47. The number of alkyl halides is 3. The van der Waals surface area contributed by atoms with Crippen molar-refractivity contribution in [2.75, 3.05) is 5.32 Å². The third kappa shape index (κ3) is 4.35. The molecular weight excluding hydrogens is 371 g/mol. The predicted molar refractivity (Wildman–Crippen MR) is 78.6 cm³/mol. The maximum Gasteiger partial charge on any atom is 0.573 e. The Labute approximate surface area is 142 Å². The van der Waals surface area contributed by atoms with Crippen LogP contribution in [-0.4, -0.2) is 32.0 Å². The Bertz CT molecular complexity index is 824. The molecule has 1 N–H and O–H groups in total. The van der Waals surface area contributed by atoms with Crippen molar-refractivity contribution in [1.29, 1.82) is 0 Å². The molecule has 0 saturated carbocycles. The number of nitro groups is 1. The van der Waals surface area contributed by atoms with Crippen LogP contribution in [0.5, 0.6) is 5.75 Å². The van der Waals surface area contributed by atoms with Gasteiger partial charge in [-0.05, 0) is 0 Å². The Kier molecular flexibility index (Phi) is 5.11. The van der Waals surface area contributed by atoms with Crippen molar-refractivity contribution < 1.29 is 27.6 Å². The summed E-state index contributed by atoms with van der Waals surface area (Å²) >= 11 is 5.87. The number of hydrogen-bond donors (Lipinski definition) is 1. The van der Waals surface area contributed by atoms with Crippen LogP contribution in [0.2, 0.25) is 5.02 Å². The quantitative estimate of drug-likeness (QED) is 0.631. The van der Waals surface area contributed by atoms with Gasteiger partial charge in [-0.3, -0.25) is 14.9 Å². The van der Waals surface area contributed by atoms with Gasteiger partial charge in [0.1, 0.15) is 11.9 Å². The summed E-state index contributed by atoms with van der Waals surface area (Å²) in [6, 6.07) is 0.816. The second-order valence-corrected chi connectivity index (χ2v) is 4.88. The molecule has 0 unspecified atom stereocenters. The SMILES string of the molecule is CCC(=O)Nc1c([N+](=O)[O-])cnn1-c1ncc(OC(F)(F)F)cc1Cl. The maximum absolute atomic E-state index is 12.2. The number of rotatable bonds is 5. The largest absolute Gasteiger partial charge is 0.573 e. The molecule has 0 spiro atoms. The molecule has 134 valence electrons.